The molecule has 2 aromatic carbocycles. The number of benzene rings is 2. The predicted molar refractivity (Wildman–Crippen MR) is 110 cm³/mol. The van der Waals surface area contributed by atoms with Gasteiger partial charge in [0.05, 0.1) is 27.9 Å². The van der Waals surface area contributed by atoms with Crippen LogP contribution in [-0.2, 0) is 11.3 Å². The Hall–Kier alpha value is -3.62. The lowest BCUT2D eigenvalue weighted by atomic mass is 10.1. The summed E-state index contributed by atoms with van der Waals surface area (Å²) < 4.78 is 26.7. The molecular formula is C21H26N2O7. The summed E-state index contributed by atoms with van der Waals surface area (Å²) in [5.41, 5.74) is 6.25. The lowest BCUT2D eigenvalue weighted by Crippen LogP contribution is -2.23. The van der Waals surface area contributed by atoms with Crippen LogP contribution in [0.15, 0.2) is 30.3 Å². The maximum atomic E-state index is 12.7. The summed E-state index contributed by atoms with van der Waals surface area (Å²) in [6.45, 7) is 2.33. The number of carbonyl (C=O) groups excluding carboxylic acids is 2. The molecule has 9 nitrogen and oxygen atoms in total. The summed E-state index contributed by atoms with van der Waals surface area (Å²) >= 11 is 0. The maximum Gasteiger partial charge on any atom is 0.255 e. The number of amides is 2. The zero-order valence-electron chi connectivity index (χ0n) is 17.4. The summed E-state index contributed by atoms with van der Waals surface area (Å²) in [5, 5.41) is 2.83. The highest BCUT2D eigenvalue weighted by Gasteiger charge is 2.18. The van der Waals surface area contributed by atoms with Crippen molar-refractivity contribution in [2.75, 3.05) is 34.5 Å². The topological polar surface area (TPSA) is 118 Å². The van der Waals surface area contributed by atoms with Crippen LogP contribution in [0.2, 0.25) is 0 Å². The fourth-order valence-corrected chi connectivity index (χ4v) is 2.68. The SMILES string of the molecule is CCOc1ccc(CNC(=O)c2cc(OC)c(OCC(N)=O)c(OC)c2)cc1OC. The Morgan fingerprint density at radius 1 is 0.900 bits per heavy atom. The number of hydrogen-bond donors (Lipinski definition) is 2. The van der Waals surface area contributed by atoms with Crippen LogP contribution in [0.4, 0.5) is 0 Å². The van der Waals surface area contributed by atoms with Gasteiger partial charge >= 0.3 is 0 Å². The van der Waals surface area contributed by atoms with Gasteiger partial charge in [-0.15, -0.1) is 0 Å². The maximum absolute atomic E-state index is 12.7. The minimum atomic E-state index is -0.647. The van der Waals surface area contributed by atoms with Crippen LogP contribution in [0.3, 0.4) is 0 Å². The van der Waals surface area contributed by atoms with Crippen molar-refractivity contribution in [1.29, 1.82) is 0 Å². The van der Waals surface area contributed by atoms with E-state index in [2.05, 4.69) is 5.32 Å². The average molecular weight is 418 g/mol. The lowest BCUT2D eigenvalue weighted by molar-refractivity contribution is -0.120. The van der Waals surface area contributed by atoms with Gasteiger partial charge in [-0.25, -0.2) is 0 Å². The van der Waals surface area contributed by atoms with Crippen molar-refractivity contribution < 1.29 is 33.3 Å². The first-order valence-corrected chi connectivity index (χ1v) is 9.18. The molecule has 0 aliphatic heterocycles. The van der Waals surface area contributed by atoms with E-state index in [1.807, 2.05) is 13.0 Å². The van der Waals surface area contributed by atoms with Gasteiger partial charge in [0.25, 0.3) is 11.8 Å². The molecule has 0 aliphatic rings. The molecule has 0 atom stereocenters. The smallest absolute Gasteiger partial charge is 0.255 e. The van der Waals surface area contributed by atoms with Crippen molar-refractivity contribution in [1.82, 2.24) is 5.32 Å². The molecule has 2 rings (SSSR count). The number of ether oxygens (including phenoxy) is 5. The summed E-state index contributed by atoms with van der Waals surface area (Å²) in [5.74, 6) is 0.894. The summed E-state index contributed by atoms with van der Waals surface area (Å²) in [6, 6.07) is 8.42. The third-order valence-corrected chi connectivity index (χ3v) is 4.06. The summed E-state index contributed by atoms with van der Waals surface area (Å²) in [4.78, 5) is 23.7. The standard InChI is InChI=1S/C21H26N2O7/c1-5-29-15-7-6-13(8-16(15)26-2)11-23-21(25)14-9-17(27-3)20(18(10-14)28-4)30-12-19(22)24/h6-10H,5,11-12H2,1-4H3,(H2,22,24)(H,23,25). The fraction of sp³-hybridized carbons (Fsp3) is 0.333. The Balaban J connectivity index is 2.17. The van der Waals surface area contributed by atoms with Crippen molar-refractivity contribution in [2.24, 2.45) is 5.73 Å². The second-order valence-electron chi connectivity index (χ2n) is 6.07. The molecular weight excluding hydrogens is 392 g/mol. The van der Waals surface area contributed by atoms with E-state index in [1.54, 1.807) is 19.2 Å². The van der Waals surface area contributed by atoms with Gasteiger partial charge in [-0.1, -0.05) is 6.07 Å². The van der Waals surface area contributed by atoms with E-state index in [0.29, 0.717) is 23.7 Å². The third-order valence-electron chi connectivity index (χ3n) is 4.06. The minimum Gasteiger partial charge on any atom is -0.493 e. The Kier molecular flexibility index (Phi) is 8.16. The first kappa shape index (κ1) is 22.7. The van der Waals surface area contributed by atoms with Gasteiger partial charge in [-0.3, -0.25) is 9.59 Å². The summed E-state index contributed by atoms with van der Waals surface area (Å²) in [6.07, 6.45) is 0. The predicted octanol–water partition coefficient (Wildman–Crippen LogP) is 1.91. The van der Waals surface area contributed by atoms with Gasteiger partial charge in [0.2, 0.25) is 5.75 Å². The van der Waals surface area contributed by atoms with E-state index in [4.69, 9.17) is 29.4 Å². The fourth-order valence-electron chi connectivity index (χ4n) is 2.68. The van der Waals surface area contributed by atoms with Gasteiger partial charge in [-0.2, -0.15) is 0 Å². The number of carbonyl (C=O) groups is 2. The number of hydrogen-bond acceptors (Lipinski definition) is 7. The molecule has 0 unspecified atom stereocenters. The highest BCUT2D eigenvalue weighted by molar-refractivity contribution is 5.95. The minimum absolute atomic E-state index is 0.187. The Labute approximate surface area is 175 Å². The number of primary amides is 1. The molecule has 2 amide bonds. The Morgan fingerprint density at radius 2 is 1.53 bits per heavy atom. The van der Waals surface area contributed by atoms with Crippen molar-refractivity contribution in [3.8, 4) is 28.7 Å². The zero-order valence-corrected chi connectivity index (χ0v) is 17.4. The zero-order chi connectivity index (χ0) is 22.1. The monoisotopic (exact) mass is 418 g/mol. The van der Waals surface area contributed by atoms with Crippen LogP contribution >= 0.6 is 0 Å². The van der Waals surface area contributed by atoms with Crippen LogP contribution in [0, 0.1) is 0 Å². The molecule has 30 heavy (non-hydrogen) atoms. The molecule has 162 valence electrons. The van der Waals surface area contributed by atoms with E-state index >= 15 is 0 Å². The Morgan fingerprint density at radius 3 is 2.07 bits per heavy atom. The molecule has 9 heteroatoms. The first-order valence-electron chi connectivity index (χ1n) is 9.18. The second-order valence-corrected chi connectivity index (χ2v) is 6.07. The normalized spacial score (nSPS) is 10.1. The summed E-state index contributed by atoms with van der Waals surface area (Å²) in [7, 11) is 4.39. The van der Waals surface area contributed by atoms with Crippen molar-refractivity contribution in [2.45, 2.75) is 13.5 Å². The molecule has 0 bridgehead atoms. The molecule has 0 saturated carbocycles. The first-order chi connectivity index (χ1) is 14.4. The molecule has 0 aliphatic carbocycles. The van der Waals surface area contributed by atoms with Gasteiger partial charge in [0.15, 0.2) is 29.6 Å². The molecule has 2 aromatic rings. The quantitative estimate of drug-likeness (QED) is 0.572. The van der Waals surface area contributed by atoms with E-state index in [9.17, 15) is 9.59 Å². The molecule has 3 N–H and O–H groups in total. The van der Waals surface area contributed by atoms with Crippen LogP contribution in [-0.4, -0.2) is 46.4 Å². The van der Waals surface area contributed by atoms with E-state index < -0.39 is 5.91 Å². The second kappa shape index (κ2) is 10.8. The highest BCUT2D eigenvalue weighted by atomic mass is 16.5. The van der Waals surface area contributed by atoms with Gasteiger partial charge in [-0.05, 0) is 36.8 Å². The number of rotatable bonds is 11. The number of nitrogens with one attached hydrogen (secondary N) is 1. The largest absolute Gasteiger partial charge is 0.493 e. The van der Waals surface area contributed by atoms with Gasteiger partial charge in [0.1, 0.15) is 0 Å². The number of methoxy groups -OCH3 is 3. The van der Waals surface area contributed by atoms with Crippen LogP contribution in [0.1, 0.15) is 22.8 Å². The van der Waals surface area contributed by atoms with Crippen molar-refractivity contribution in [3.05, 3.63) is 41.5 Å². The third kappa shape index (κ3) is 5.69. The van der Waals surface area contributed by atoms with Crippen LogP contribution in [0.5, 0.6) is 28.7 Å². The van der Waals surface area contributed by atoms with E-state index in [1.165, 1.54) is 26.4 Å². The van der Waals surface area contributed by atoms with Crippen LogP contribution in [0.25, 0.3) is 0 Å². The lowest BCUT2D eigenvalue weighted by Gasteiger charge is -2.15. The van der Waals surface area contributed by atoms with Crippen molar-refractivity contribution >= 4 is 11.8 Å². The molecule has 0 fully saturated rings. The van der Waals surface area contributed by atoms with Gasteiger partial charge < -0.3 is 34.7 Å². The average Bonchev–Trinajstić information content (AvgIpc) is 2.76. The Bertz CT molecular complexity index is 874. The van der Waals surface area contributed by atoms with Gasteiger partial charge in [0, 0.05) is 12.1 Å². The number of nitrogens with two attached hydrogens (primary N) is 1. The van der Waals surface area contributed by atoms with E-state index in [-0.39, 0.29) is 36.3 Å². The molecule has 0 spiro atoms. The molecule has 0 heterocycles. The molecule has 0 aromatic heterocycles. The van der Waals surface area contributed by atoms with E-state index in [0.717, 1.165) is 5.56 Å². The molecule has 0 radical (unpaired) electrons. The van der Waals surface area contributed by atoms with Crippen LogP contribution < -0.4 is 34.7 Å². The molecule has 0 saturated heterocycles. The van der Waals surface area contributed by atoms with Crippen molar-refractivity contribution in [3.63, 3.8) is 0 Å². The highest BCUT2D eigenvalue weighted by Crippen LogP contribution is 2.38.